The fraction of sp³-hybridized carbons (Fsp3) is 0.174. The number of anilines is 2. The van der Waals surface area contributed by atoms with E-state index in [1.54, 1.807) is 0 Å². The summed E-state index contributed by atoms with van der Waals surface area (Å²) in [5.41, 5.74) is 12.7. The average molecular weight is 397 g/mol. The molecule has 3 heterocycles. The summed E-state index contributed by atoms with van der Waals surface area (Å²) < 4.78 is 0. The first-order valence-corrected chi connectivity index (χ1v) is 10.0. The Hall–Kier alpha value is -3.87. The van der Waals surface area contributed by atoms with E-state index in [-0.39, 0.29) is 0 Å². The number of aromatic amines is 2. The molecule has 0 fully saturated rings. The van der Waals surface area contributed by atoms with Crippen LogP contribution in [0.1, 0.15) is 22.5 Å². The Morgan fingerprint density at radius 3 is 2.77 bits per heavy atom. The molecule has 0 atom stereocenters. The lowest BCUT2D eigenvalue weighted by molar-refractivity contribution is 0.940. The maximum absolute atomic E-state index is 6.21. The molecule has 0 spiro atoms. The van der Waals surface area contributed by atoms with Gasteiger partial charge in [-0.1, -0.05) is 24.3 Å². The molecule has 3 aromatic heterocycles. The van der Waals surface area contributed by atoms with Crippen LogP contribution in [0.4, 0.5) is 11.8 Å². The lowest BCUT2D eigenvalue weighted by Gasteiger charge is -2.09. The number of imidazole rings is 1. The molecule has 0 aliphatic rings. The Morgan fingerprint density at radius 1 is 1.00 bits per heavy atom. The van der Waals surface area contributed by atoms with Crippen LogP contribution in [0.15, 0.2) is 54.9 Å². The van der Waals surface area contributed by atoms with Gasteiger partial charge in [-0.15, -0.1) is 0 Å². The number of nitrogens with zero attached hydrogens (tertiary/aromatic N) is 3. The highest BCUT2D eigenvalue weighted by atomic mass is 15.1. The molecule has 2 aromatic carbocycles. The summed E-state index contributed by atoms with van der Waals surface area (Å²) in [5.74, 6) is 1.96. The molecule has 7 heteroatoms. The monoisotopic (exact) mass is 397 g/mol. The van der Waals surface area contributed by atoms with Crippen molar-refractivity contribution in [3.8, 4) is 0 Å². The molecule has 0 aliphatic heterocycles. The molecule has 7 nitrogen and oxygen atoms in total. The van der Waals surface area contributed by atoms with Gasteiger partial charge in [-0.3, -0.25) is 0 Å². The number of nitrogens with one attached hydrogen (secondary N) is 3. The van der Waals surface area contributed by atoms with Gasteiger partial charge in [0.2, 0.25) is 5.95 Å². The Kier molecular flexibility index (Phi) is 4.55. The zero-order valence-corrected chi connectivity index (χ0v) is 16.7. The standard InChI is InChI=1S/C23H23N7/c1-14-28-20-9-6-15(10-21(20)29-14)11-26-23-27-13-17(22(24)30-23)8-7-16-12-25-19-5-3-2-4-18(16)19/h2-6,9-10,12-13,25H,7-8,11H2,1H3,(H,28,29)(H3,24,26,27,30). The van der Waals surface area contributed by atoms with Crippen LogP contribution in [0.2, 0.25) is 0 Å². The molecule has 0 amide bonds. The van der Waals surface area contributed by atoms with Crippen molar-refractivity contribution in [1.29, 1.82) is 0 Å². The SMILES string of the molecule is Cc1nc2cc(CNc3ncc(CCc4c[nH]c5ccccc45)c(N)n3)ccc2[nH]1. The number of aromatic nitrogens is 5. The number of H-pyrrole nitrogens is 2. The third-order valence-corrected chi connectivity index (χ3v) is 5.35. The van der Waals surface area contributed by atoms with E-state index in [0.717, 1.165) is 46.3 Å². The summed E-state index contributed by atoms with van der Waals surface area (Å²) >= 11 is 0. The van der Waals surface area contributed by atoms with Crippen LogP contribution in [-0.4, -0.2) is 24.9 Å². The molecule has 0 bridgehead atoms. The van der Waals surface area contributed by atoms with Crippen molar-refractivity contribution in [3.63, 3.8) is 0 Å². The zero-order valence-electron chi connectivity index (χ0n) is 16.7. The fourth-order valence-electron chi connectivity index (χ4n) is 3.78. The first-order valence-electron chi connectivity index (χ1n) is 10.0. The first-order chi connectivity index (χ1) is 14.7. The predicted octanol–water partition coefficient (Wildman–Crippen LogP) is 4.12. The van der Waals surface area contributed by atoms with Gasteiger partial charge >= 0.3 is 0 Å². The zero-order chi connectivity index (χ0) is 20.5. The smallest absolute Gasteiger partial charge is 0.224 e. The first kappa shape index (κ1) is 18.2. The van der Waals surface area contributed by atoms with Gasteiger partial charge in [-0.05, 0) is 49.1 Å². The maximum atomic E-state index is 6.21. The number of rotatable bonds is 6. The van der Waals surface area contributed by atoms with Crippen molar-refractivity contribution in [2.45, 2.75) is 26.3 Å². The van der Waals surface area contributed by atoms with Crippen LogP contribution >= 0.6 is 0 Å². The van der Waals surface area contributed by atoms with E-state index in [9.17, 15) is 0 Å². The van der Waals surface area contributed by atoms with Crippen molar-refractivity contribution in [2.75, 3.05) is 11.1 Å². The van der Waals surface area contributed by atoms with Gasteiger partial charge in [0.05, 0.1) is 11.0 Å². The van der Waals surface area contributed by atoms with Crippen LogP contribution in [0, 0.1) is 6.92 Å². The highest BCUT2D eigenvalue weighted by molar-refractivity contribution is 5.83. The van der Waals surface area contributed by atoms with E-state index in [0.29, 0.717) is 18.3 Å². The lowest BCUT2D eigenvalue weighted by atomic mass is 10.1. The molecule has 0 unspecified atom stereocenters. The molecule has 0 radical (unpaired) electrons. The fourth-order valence-corrected chi connectivity index (χ4v) is 3.78. The molecule has 5 rings (SSSR count). The van der Waals surface area contributed by atoms with Gasteiger partial charge in [0.25, 0.3) is 0 Å². The second-order valence-corrected chi connectivity index (χ2v) is 7.49. The van der Waals surface area contributed by atoms with E-state index in [1.165, 1.54) is 10.9 Å². The van der Waals surface area contributed by atoms with Gasteiger partial charge in [0.1, 0.15) is 11.6 Å². The minimum Gasteiger partial charge on any atom is -0.383 e. The van der Waals surface area contributed by atoms with E-state index >= 15 is 0 Å². The molecule has 5 aromatic rings. The van der Waals surface area contributed by atoms with Crippen molar-refractivity contribution < 1.29 is 0 Å². The van der Waals surface area contributed by atoms with E-state index in [1.807, 2.05) is 25.3 Å². The minimum atomic E-state index is 0.519. The Labute approximate surface area is 173 Å². The summed E-state index contributed by atoms with van der Waals surface area (Å²) in [6.07, 6.45) is 5.56. The second kappa shape index (κ2) is 7.51. The molecule has 0 saturated heterocycles. The summed E-state index contributed by atoms with van der Waals surface area (Å²) in [5, 5.41) is 4.50. The third kappa shape index (κ3) is 3.57. The predicted molar refractivity (Wildman–Crippen MR) is 120 cm³/mol. The lowest BCUT2D eigenvalue weighted by Crippen LogP contribution is -2.08. The van der Waals surface area contributed by atoms with Crippen molar-refractivity contribution in [1.82, 2.24) is 24.9 Å². The summed E-state index contributed by atoms with van der Waals surface area (Å²) in [7, 11) is 0. The van der Waals surface area contributed by atoms with Gasteiger partial charge in [-0.2, -0.15) is 4.98 Å². The highest BCUT2D eigenvalue weighted by Crippen LogP contribution is 2.21. The normalized spacial score (nSPS) is 11.4. The number of hydrogen-bond donors (Lipinski definition) is 4. The molecule has 0 aliphatic carbocycles. The van der Waals surface area contributed by atoms with E-state index in [4.69, 9.17) is 5.73 Å². The summed E-state index contributed by atoms with van der Waals surface area (Å²) in [6.45, 7) is 2.56. The Morgan fingerprint density at radius 2 is 1.87 bits per heavy atom. The molecule has 150 valence electrons. The number of nitrogens with two attached hydrogens (primary N) is 1. The second-order valence-electron chi connectivity index (χ2n) is 7.49. The van der Waals surface area contributed by atoms with Crippen molar-refractivity contribution >= 4 is 33.7 Å². The van der Waals surface area contributed by atoms with Crippen LogP contribution in [0.5, 0.6) is 0 Å². The number of nitrogen functional groups attached to an aromatic ring is 1. The number of benzene rings is 2. The van der Waals surface area contributed by atoms with Crippen LogP contribution < -0.4 is 11.1 Å². The number of aryl methyl sites for hydroxylation is 3. The van der Waals surface area contributed by atoms with Crippen molar-refractivity contribution in [2.24, 2.45) is 0 Å². The quantitative estimate of drug-likeness (QED) is 0.345. The molecule has 0 saturated carbocycles. The van der Waals surface area contributed by atoms with Crippen LogP contribution in [-0.2, 0) is 19.4 Å². The van der Waals surface area contributed by atoms with Gasteiger partial charge in [-0.25, -0.2) is 9.97 Å². The molecule has 30 heavy (non-hydrogen) atoms. The largest absolute Gasteiger partial charge is 0.383 e. The van der Waals surface area contributed by atoms with Crippen molar-refractivity contribution in [3.05, 3.63) is 77.4 Å². The number of hydrogen-bond acceptors (Lipinski definition) is 5. The Balaban J connectivity index is 1.24. The van der Waals surface area contributed by atoms with E-state index < -0.39 is 0 Å². The number of fused-ring (bicyclic) bond motifs is 2. The van der Waals surface area contributed by atoms with Crippen LogP contribution in [0.3, 0.4) is 0 Å². The summed E-state index contributed by atoms with van der Waals surface area (Å²) in [4.78, 5) is 19.9. The van der Waals surface area contributed by atoms with E-state index in [2.05, 4.69) is 66.8 Å². The highest BCUT2D eigenvalue weighted by Gasteiger charge is 2.08. The summed E-state index contributed by atoms with van der Waals surface area (Å²) in [6, 6.07) is 14.5. The molecular formula is C23H23N7. The van der Waals surface area contributed by atoms with Gasteiger partial charge in [0.15, 0.2) is 0 Å². The third-order valence-electron chi connectivity index (χ3n) is 5.35. The maximum Gasteiger partial charge on any atom is 0.224 e. The topological polar surface area (TPSA) is 108 Å². The molecule has 5 N–H and O–H groups in total. The van der Waals surface area contributed by atoms with Gasteiger partial charge < -0.3 is 21.0 Å². The Bertz CT molecular complexity index is 1330. The number of para-hydroxylation sites is 1. The average Bonchev–Trinajstić information content (AvgIpc) is 3.33. The van der Waals surface area contributed by atoms with Crippen LogP contribution in [0.25, 0.3) is 21.9 Å². The van der Waals surface area contributed by atoms with Gasteiger partial charge in [0, 0.05) is 35.4 Å². The molecular weight excluding hydrogens is 374 g/mol. The minimum absolute atomic E-state index is 0.519.